The predicted octanol–water partition coefficient (Wildman–Crippen LogP) is 2.06. The average molecular weight is 251 g/mol. The van der Waals surface area contributed by atoms with Gasteiger partial charge in [0.05, 0.1) is 12.5 Å². The summed E-state index contributed by atoms with van der Waals surface area (Å²) in [6.07, 6.45) is -3.41. The molecule has 0 aromatic rings. The molecular weight excluding hydrogens is 235 g/mol. The number of ketones is 1. The van der Waals surface area contributed by atoms with Crippen LogP contribution in [0.25, 0.3) is 0 Å². The molecule has 6 heteroatoms. The maximum absolute atomic E-state index is 12.5. The van der Waals surface area contributed by atoms with E-state index in [0.717, 1.165) is 0 Å². The number of rotatable bonds is 3. The van der Waals surface area contributed by atoms with Crippen molar-refractivity contribution in [3.63, 3.8) is 0 Å². The van der Waals surface area contributed by atoms with Gasteiger partial charge in [-0.05, 0) is 26.2 Å². The van der Waals surface area contributed by atoms with E-state index in [2.05, 4.69) is 5.32 Å². The first-order valence-electron chi connectivity index (χ1n) is 5.64. The fraction of sp³-hybridized carbons (Fsp3) is 0.818. The van der Waals surface area contributed by atoms with Gasteiger partial charge >= 0.3 is 6.18 Å². The van der Waals surface area contributed by atoms with Gasteiger partial charge in [-0.15, -0.1) is 0 Å². The predicted molar refractivity (Wildman–Crippen MR) is 55.2 cm³/mol. The Kier molecular flexibility index (Phi) is 4.54. The SMILES string of the molecule is CC(=O)CNC(=O)C1CCCC(C(F)(F)F)C1. The summed E-state index contributed by atoms with van der Waals surface area (Å²) in [4.78, 5) is 22.2. The zero-order valence-corrected chi connectivity index (χ0v) is 9.64. The second-order valence-electron chi connectivity index (χ2n) is 4.52. The Balaban J connectivity index is 2.49. The van der Waals surface area contributed by atoms with Crippen LogP contribution in [-0.2, 0) is 9.59 Å². The Morgan fingerprint density at radius 2 is 1.94 bits per heavy atom. The molecule has 0 aromatic heterocycles. The van der Waals surface area contributed by atoms with E-state index in [9.17, 15) is 22.8 Å². The first-order valence-corrected chi connectivity index (χ1v) is 5.64. The van der Waals surface area contributed by atoms with Crippen molar-refractivity contribution in [2.75, 3.05) is 6.54 Å². The Morgan fingerprint density at radius 1 is 1.29 bits per heavy atom. The van der Waals surface area contributed by atoms with Crippen LogP contribution in [0.15, 0.2) is 0 Å². The molecule has 1 N–H and O–H groups in total. The highest BCUT2D eigenvalue weighted by atomic mass is 19.4. The van der Waals surface area contributed by atoms with Crippen LogP contribution in [0.2, 0.25) is 0 Å². The number of hydrogen-bond acceptors (Lipinski definition) is 2. The Morgan fingerprint density at radius 3 is 2.47 bits per heavy atom. The van der Waals surface area contributed by atoms with E-state index >= 15 is 0 Å². The van der Waals surface area contributed by atoms with Crippen molar-refractivity contribution in [3.05, 3.63) is 0 Å². The van der Waals surface area contributed by atoms with Gasteiger partial charge in [-0.3, -0.25) is 9.59 Å². The molecule has 1 aliphatic rings. The van der Waals surface area contributed by atoms with Crippen LogP contribution in [0, 0.1) is 11.8 Å². The maximum Gasteiger partial charge on any atom is 0.391 e. The van der Waals surface area contributed by atoms with Gasteiger partial charge in [-0.2, -0.15) is 13.2 Å². The Labute approximate surface area is 97.8 Å². The standard InChI is InChI=1S/C11H16F3NO2/c1-7(16)6-15-10(17)8-3-2-4-9(5-8)11(12,13)14/h8-9H,2-6H2,1H3,(H,15,17). The molecule has 0 heterocycles. The lowest BCUT2D eigenvalue weighted by Crippen LogP contribution is -2.38. The minimum absolute atomic E-state index is 0.0972. The van der Waals surface area contributed by atoms with Crippen LogP contribution in [-0.4, -0.2) is 24.4 Å². The van der Waals surface area contributed by atoms with Crippen molar-refractivity contribution in [3.8, 4) is 0 Å². The average Bonchev–Trinajstić information content (AvgIpc) is 2.25. The van der Waals surface area contributed by atoms with Gasteiger partial charge in [-0.1, -0.05) is 6.42 Å². The molecule has 1 amide bonds. The van der Waals surface area contributed by atoms with Gasteiger partial charge in [-0.25, -0.2) is 0 Å². The number of carbonyl (C=O) groups excluding carboxylic acids is 2. The fourth-order valence-electron chi connectivity index (χ4n) is 2.08. The van der Waals surface area contributed by atoms with E-state index in [4.69, 9.17) is 0 Å². The maximum atomic E-state index is 12.5. The van der Waals surface area contributed by atoms with E-state index in [0.29, 0.717) is 12.8 Å². The van der Waals surface area contributed by atoms with Gasteiger partial charge in [0, 0.05) is 5.92 Å². The van der Waals surface area contributed by atoms with Gasteiger partial charge in [0.1, 0.15) is 5.78 Å². The zero-order valence-electron chi connectivity index (χ0n) is 9.64. The molecule has 1 fully saturated rings. The topological polar surface area (TPSA) is 46.2 Å². The molecule has 2 atom stereocenters. The fourth-order valence-corrected chi connectivity index (χ4v) is 2.08. The summed E-state index contributed by atoms with van der Waals surface area (Å²) >= 11 is 0. The van der Waals surface area contributed by atoms with Crippen LogP contribution in [0.5, 0.6) is 0 Å². The number of halogens is 3. The van der Waals surface area contributed by atoms with Crippen LogP contribution in [0.3, 0.4) is 0 Å². The molecule has 0 aliphatic heterocycles. The van der Waals surface area contributed by atoms with Crippen molar-refractivity contribution in [1.82, 2.24) is 5.32 Å². The monoisotopic (exact) mass is 251 g/mol. The van der Waals surface area contributed by atoms with Crippen LogP contribution in [0.1, 0.15) is 32.6 Å². The van der Waals surface area contributed by atoms with E-state index in [1.54, 1.807) is 0 Å². The van der Waals surface area contributed by atoms with Crippen LogP contribution < -0.4 is 5.32 Å². The van der Waals surface area contributed by atoms with Gasteiger partial charge < -0.3 is 5.32 Å². The quantitative estimate of drug-likeness (QED) is 0.834. The van der Waals surface area contributed by atoms with Crippen molar-refractivity contribution in [1.29, 1.82) is 0 Å². The molecule has 2 unspecified atom stereocenters. The lowest BCUT2D eigenvalue weighted by Gasteiger charge is -2.29. The third kappa shape index (κ3) is 4.36. The normalized spacial score (nSPS) is 25.4. The van der Waals surface area contributed by atoms with Crippen molar-refractivity contribution in [2.24, 2.45) is 11.8 Å². The number of amides is 1. The summed E-state index contributed by atoms with van der Waals surface area (Å²) in [5, 5.41) is 2.37. The molecule has 0 bridgehead atoms. The Bertz CT molecular complexity index is 302. The third-order valence-corrected chi connectivity index (χ3v) is 3.02. The van der Waals surface area contributed by atoms with Gasteiger partial charge in [0.2, 0.25) is 5.91 Å². The molecule has 98 valence electrons. The second kappa shape index (κ2) is 5.51. The largest absolute Gasteiger partial charge is 0.391 e. The number of alkyl halides is 3. The zero-order chi connectivity index (χ0) is 13.1. The Hall–Kier alpha value is -1.07. The summed E-state index contributed by atoms with van der Waals surface area (Å²) in [5.41, 5.74) is 0. The first kappa shape index (κ1) is 14.0. The highest BCUT2D eigenvalue weighted by Gasteiger charge is 2.43. The van der Waals surface area contributed by atoms with Crippen molar-refractivity contribution >= 4 is 11.7 Å². The van der Waals surface area contributed by atoms with Crippen molar-refractivity contribution < 1.29 is 22.8 Å². The molecule has 0 saturated heterocycles. The molecule has 1 aliphatic carbocycles. The lowest BCUT2D eigenvalue weighted by molar-refractivity contribution is -0.186. The number of Topliss-reactive ketones (excluding diaryl/α,β-unsaturated/α-hetero) is 1. The number of carbonyl (C=O) groups is 2. The highest BCUT2D eigenvalue weighted by molar-refractivity contribution is 5.85. The first-order chi connectivity index (χ1) is 7.80. The minimum Gasteiger partial charge on any atom is -0.349 e. The highest BCUT2D eigenvalue weighted by Crippen LogP contribution is 2.39. The van der Waals surface area contributed by atoms with Gasteiger partial charge in [0.15, 0.2) is 0 Å². The molecule has 17 heavy (non-hydrogen) atoms. The molecule has 0 spiro atoms. The summed E-state index contributed by atoms with van der Waals surface area (Å²) in [7, 11) is 0. The molecule has 0 radical (unpaired) electrons. The third-order valence-electron chi connectivity index (χ3n) is 3.02. The summed E-state index contributed by atoms with van der Waals surface area (Å²) < 4.78 is 37.5. The van der Waals surface area contributed by atoms with Crippen LogP contribution >= 0.6 is 0 Å². The van der Waals surface area contributed by atoms with Crippen LogP contribution in [0.4, 0.5) is 13.2 Å². The van der Waals surface area contributed by atoms with Gasteiger partial charge in [0.25, 0.3) is 0 Å². The lowest BCUT2D eigenvalue weighted by atomic mass is 9.80. The molecule has 1 rings (SSSR count). The molecule has 3 nitrogen and oxygen atoms in total. The number of nitrogens with one attached hydrogen (secondary N) is 1. The minimum atomic E-state index is -4.22. The summed E-state index contributed by atoms with van der Waals surface area (Å²) in [5.74, 6) is -2.64. The van der Waals surface area contributed by atoms with E-state index < -0.39 is 23.9 Å². The molecular formula is C11H16F3NO2. The van der Waals surface area contributed by atoms with Crippen molar-refractivity contribution in [2.45, 2.75) is 38.8 Å². The van der Waals surface area contributed by atoms with E-state index in [-0.39, 0.29) is 25.2 Å². The summed E-state index contributed by atoms with van der Waals surface area (Å²) in [6, 6.07) is 0. The smallest absolute Gasteiger partial charge is 0.349 e. The molecule has 0 aromatic carbocycles. The van der Waals surface area contributed by atoms with E-state index in [1.807, 2.05) is 0 Å². The molecule has 1 saturated carbocycles. The number of hydrogen-bond donors (Lipinski definition) is 1. The second-order valence-corrected chi connectivity index (χ2v) is 4.52. The van der Waals surface area contributed by atoms with E-state index in [1.165, 1.54) is 6.92 Å². The summed E-state index contributed by atoms with van der Waals surface area (Å²) in [6.45, 7) is 1.21.